The van der Waals surface area contributed by atoms with E-state index in [1.54, 1.807) is 72.8 Å². The third-order valence-corrected chi connectivity index (χ3v) is 6.83. The molecule has 158 valence electrons. The van der Waals surface area contributed by atoms with Crippen molar-refractivity contribution in [3.63, 3.8) is 0 Å². The summed E-state index contributed by atoms with van der Waals surface area (Å²) in [7, 11) is 0. The minimum atomic E-state index is -0.931. The number of aromatic nitrogens is 1. The van der Waals surface area contributed by atoms with Gasteiger partial charge in [0.05, 0.1) is 21.8 Å². The van der Waals surface area contributed by atoms with Gasteiger partial charge in [0.1, 0.15) is 5.76 Å². The standard InChI is InChI=1S/C24H14Cl2N2O3S/c25-14-10-11-17-18(12-14)32-24(27-17)28-20(15-8-4-5-9-16(15)26)19(22(30)23(28)31)21(29)13-6-2-1-3-7-13/h1-12,20,29H/b21-19+. The lowest BCUT2D eigenvalue weighted by molar-refractivity contribution is -0.132. The predicted octanol–water partition coefficient (Wildman–Crippen LogP) is 6.23. The first-order valence-electron chi connectivity index (χ1n) is 9.62. The topological polar surface area (TPSA) is 70.5 Å². The van der Waals surface area contributed by atoms with Crippen molar-refractivity contribution in [1.82, 2.24) is 4.98 Å². The molecule has 32 heavy (non-hydrogen) atoms. The van der Waals surface area contributed by atoms with Crippen LogP contribution in [0.2, 0.25) is 10.0 Å². The van der Waals surface area contributed by atoms with Gasteiger partial charge in [-0.2, -0.15) is 0 Å². The molecule has 1 aromatic heterocycles. The van der Waals surface area contributed by atoms with Gasteiger partial charge >= 0.3 is 5.91 Å². The lowest BCUT2D eigenvalue weighted by atomic mass is 9.95. The van der Waals surface area contributed by atoms with Crippen molar-refractivity contribution in [3.8, 4) is 0 Å². The molecule has 1 aliphatic heterocycles. The van der Waals surface area contributed by atoms with Crippen LogP contribution in [0.1, 0.15) is 17.2 Å². The number of anilines is 1. The molecule has 8 heteroatoms. The van der Waals surface area contributed by atoms with Crippen molar-refractivity contribution >= 4 is 67.3 Å². The van der Waals surface area contributed by atoms with Gasteiger partial charge in [-0.25, -0.2) is 4.98 Å². The molecule has 0 aliphatic carbocycles. The van der Waals surface area contributed by atoms with Crippen LogP contribution in [0.25, 0.3) is 16.0 Å². The second kappa shape index (κ2) is 8.06. The normalized spacial score (nSPS) is 17.9. The Kier molecular flexibility index (Phi) is 5.21. The largest absolute Gasteiger partial charge is 0.507 e. The smallest absolute Gasteiger partial charge is 0.301 e. The Morgan fingerprint density at radius 2 is 1.69 bits per heavy atom. The quantitative estimate of drug-likeness (QED) is 0.214. The Morgan fingerprint density at radius 1 is 0.969 bits per heavy atom. The van der Waals surface area contributed by atoms with Crippen molar-refractivity contribution in [2.45, 2.75) is 6.04 Å². The molecule has 5 nitrogen and oxygen atoms in total. The van der Waals surface area contributed by atoms with Crippen LogP contribution in [-0.4, -0.2) is 21.8 Å². The molecule has 1 saturated heterocycles. The number of aliphatic hydroxyl groups is 1. The summed E-state index contributed by atoms with van der Waals surface area (Å²) < 4.78 is 0.773. The molecular weight excluding hydrogens is 467 g/mol. The van der Waals surface area contributed by atoms with E-state index < -0.39 is 17.7 Å². The average molecular weight is 481 g/mol. The third-order valence-electron chi connectivity index (χ3n) is 5.24. The van der Waals surface area contributed by atoms with Gasteiger partial charge in [-0.05, 0) is 29.8 Å². The number of thiazole rings is 1. The van der Waals surface area contributed by atoms with Gasteiger partial charge in [-0.1, -0.05) is 83.1 Å². The Hall–Kier alpha value is -3.19. The highest BCUT2D eigenvalue weighted by Gasteiger charge is 2.48. The van der Waals surface area contributed by atoms with E-state index in [1.165, 1.54) is 16.2 Å². The Morgan fingerprint density at radius 3 is 2.44 bits per heavy atom. The van der Waals surface area contributed by atoms with Gasteiger partial charge in [-0.15, -0.1) is 0 Å². The maximum absolute atomic E-state index is 13.2. The predicted molar refractivity (Wildman–Crippen MR) is 127 cm³/mol. The molecule has 0 saturated carbocycles. The summed E-state index contributed by atoms with van der Waals surface area (Å²) in [6.45, 7) is 0. The van der Waals surface area contributed by atoms with Crippen molar-refractivity contribution < 1.29 is 14.7 Å². The highest BCUT2D eigenvalue weighted by molar-refractivity contribution is 7.22. The van der Waals surface area contributed by atoms with Gasteiger partial charge in [-0.3, -0.25) is 14.5 Å². The summed E-state index contributed by atoms with van der Waals surface area (Å²) in [5.41, 5.74) is 1.56. The van der Waals surface area contributed by atoms with Crippen LogP contribution >= 0.6 is 34.5 Å². The van der Waals surface area contributed by atoms with E-state index in [2.05, 4.69) is 4.98 Å². The van der Waals surface area contributed by atoms with E-state index in [9.17, 15) is 14.7 Å². The van der Waals surface area contributed by atoms with E-state index in [-0.39, 0.29) is 11.3 Å². The number of Topliss-reactive ketones (excluding diaryl/α,β-unsaturated/α-hetero) is 1. The van der Waals surface area contributed by atoms with Crippen molar-refractivity contribution in [2.75, 3.05) is 4.90 Å². The summed E-state index contributed by atoms with van der Waals surface area (Å²) in [6, 6.07) is 19.8. The first-order chi connectivity index (χ1) is 15.5. The second-order valence-electron chi connectivity index (χ2n) is 7.17. The fourth-order valence-corrected chi connectivity index (χ4v) is 5.27. The van der Waals surface area contributed by atoms with Crippen molar-refractivity contribution in [3.05, 3.63) is 99.5 Å². The zero-order valence-corrected chi connectivity index (χ0v) is 18.7. The van der Waals surface area contributed by atoms with Gasteiger partial charge < -0.3 is 5.11 Å². The molecule has 3 aromatic carbocycles. The lowest BCUT2D eigenvalue weighted by Gasteiger charge is -2.23. The van der Waals surface area contributed by atoms with E-state index in [0.29, 0.717) is 31.8 Å². The van der Waals surface area contributed by atoms with Crippen molar-refractivity contribution in [2.24, 2.45) is 0 Å². The van der Waals surface area contributed by atoms with E-state index in [4.69, 9.17) is 23.2 Å². The number of amides is 1. The van der Waals surface area contributed by atoms with E-state index >= 15 is 0 Å². The molecule has 5 rings (SSSR count). The molecule has 1 amide bonds. The highest BCUT2D eigenvalue weighted by atomic mass is 35.5. The molecule has 4 aromatic rings. The number of carbonyl (C=O) groups is 2. The number of carbonyl (C=O) groups excluding carboxylic acids is 2. The molecule has 2 heterocycles. The zero-order valence-electron chi connectivity index (χ0n) is 16.3. The highest BCUT2D eigenvalue weighted by Crippen LogP contribution is 2.46. The minimum Gasteiger partial charge on any atom is -0.507 e. The zero-order chi connectivity index (χ0) is 22.4. The maximum atomic E-state index is 13.2. The molecule has 1 aliphatic rings. The third kappa shape index (κ3) is 3.37. The average Bonchev–Trinajstić information content (AvgIpc) is 3.32. The van der Waals surface area contributed by atoms with Crippen LogP contribution in [0.4, 0.5) is 5.13 Å². The molecule has 1 unspecified atom stereocenters. The monoisotopic (exact) mass is 480 g/mol. The number of ketones is 1. The molecule has 0 bridgehead atoms. The van der Waals surface area contributed by atoms with Gasteiger partial charge in [0.25, 0.3) is 5.78 Å². The van der Waals surface area contributed by atoms with Crippen molar-refractivity contribution in [1.29, 1.82) is 0 Å². The molecule has 1 atom stereocenters. The van der Waals surface area contributed by atoms with Crippen LogP contribution in [0, 0.1) is 0 Å². The molecule has 0 spiro atoms. The second-order valence-corrected chi connectivity index (χ2v) is 9.02. The van der Waals surface area contributed by atoms with Crippen LogP contribution in [0.5, 0.6) is 0 Å². The van der Waals surface area contributed by atoms with Crippen LogP contribution in [-0.2, 0) is 9.59 Å². The molecule has 1 fully saturated rings. The summed E-state index contributed by atoms with van der Waals surface area (Å²) in [5.74, 6) is -1.84. The van der Waals surface area contributed by atoms with Gasteiger partial charge in [0.2, 0.25) is 0 Å². The van der Waals surface area contributed by atoms with Gasteiger partial charge in [0.15, 0.2) is 5.13 Å². The fourth-order valence-electron chi connectivity index (χ4n) is 3.76. The lowest BCUT2D eigenvalue weighted by Crippen LogP contribution is -2.29. The number of fused-ring (bicyclic) bond motifs is 1. The number of benzene rings is 3. The SMILES string of the molecule is O=C1C(=O)N(c2nc3ccc(Cl)cc3s2)C(c2ccccc2Cl)/C1=C(\O)c1ccccc1. The first kappa shape index (κ1) is 20.7. The van der Waals surface area contributed by atoms with Crippen LogP contribution in [0.15, 0.2) is 78.4 Å². The molecular formula is C24H14Cl2N2O3S. The van der Waals surface area contributed by atoms with Crippen LogP contribution < -0.4 is 4.90 Å². The fraction of sp³-hybridized carbons (Fsp3) is 0.0417. The minimum absolute atomic E-state index is 0.0356. The van der Waals surface area contributed by atoms with E-state index in [1.807, 2.05) is 0 Å². The molecule has 1 N–H and O–H groups in total. The maximum Gasteiger partial charge on any atom is 0.301 e. The summed E-state index contributed by atoms with van der Waals surface area (Å²) in [5, 5.41) is 12.3. The number of rotatable bonds is 3. The Balaban J connectivity index is 1.76. The Labute approximate surface area is 197 Å². The Bertz CT molecular complexity index is 1420. The number of nitrogens with zero attached hydrogens (tertiary/aromatic N) is 2. The van der Waals surface area contributed by atoms with Crippen LogP contribution in [0.3, 0.4) is 0 Å². The summed E-state index contributed by atoms with van der Waals surface area (Å²) >= 11 is 13.8. The number of hydrogen-bond acceptors (Lipinski definition) is 5. The number of aliphatic hydroxyl groups excluding tert-OH is 1. The van der Waals surface area contributed by atoms with E-state index in [0.717, 1.165) is 4.70 Å². The number of hydrogen-bond donors (Lipinski definition) is 1. The summed E-state index contributed by atoms with van der Waals surface area (Å²) in [6.07, 6.45) is 0. The summed E-state index contributed by atoms with van der Waals surface area (Å²) in [4.78, 5) is 32.3. The first-order valence-corrected chi connectivity index (χ1v) is 11.2. The number of halogens is 2. The van der Waals surface area contributed by atoms with Gasteiger partial charge in [0, 0.05) is 15.6 Å². The molecule has 0 radical (unpaired) electrons.